The van der Waals surface area contributed by atoms with E-state index in [1.807, 2.05) is 18.2 Å². The van der Waals surface area contributed by atoms with Gasteiger partial charge in [-0.05, 0) is 37.6 Å². The first-order valence-electron chi connectivity index (χ1n) is 6.16. The predicted octanol–water partition coefficient (Wildman–Crippen LogP) is 1.29. The lowest BCUT2D eigenvalue weighted by molar-refractivity contribution is 0.170. The zero-order valence-electron chi connectivity index (χ0n) is 10.2. The van der Waals surface area contributed by atoms with Crippen LogP contribution in [0.25, 0.3) is 0 Å². The molecule has 1 aromatic rings. The van der Waals surface area contributed by atoms with Crippen molar-refractivity contribution < 1.29 is 9.84 Å². The molecule has 1 aliphatic heterocycles. The topological polar surface area (TPSA) is 58.7 Å². The van der Waals surface area contributed by atoms with E-state index in [-0.39, 0.29) is 0 Å². The molecule has 0 aromatic heterocycles. The van der Waals surface area contributed by atoms with Crippen LogP contribution in [0.15, 0.2) is 18.2 Å². The van der Waals surface area contributed by atoms with Gasteiger partial charge in [-0.15, -0.1) is 0 Å². The Hall–Kier alpha value is -1.26. The molecule has 1 atom stereocenters. The molecule has 0 saturated carbocycles. The summed E-state index contributed by atoms with van der Waals surface area (Å²) in [6.45, 7) is 5.20. The van der Waals surface area contributed by atoms with Crippen LogP contribution in [0.5, 0.6) is 5.75 Å². The maximum atomic E-state index is 9.94. The lowest BCUT2D eigenvalue weighted by Crippen LogP contribution is -2.32. The van der Waals surface area contributed by atoms with Crippen LogP contribution in [-0.4, -0.2) is 31.3 Å². The van der Waals surface area contributed by atoms with E-state index in [0.29, 0.717) is 13.0 Å². The number of nitrogens with zero attached hydrogens (tertiary/aromatic N) is 1. The zero-order chi connectivity index (χ0) is 12.3. The second kappa shape index (κ2) is 5.38. The van der Waals surface area contributed by atoms with Crippen LogP contribution < -0.4 is 15.4 Å². The molecule has 94 valence electrons. The molecule has 1 unspecified atom stereocenters. The van der Waals surface area contributed by atoms with Gasteiger partial charge in [-0.2, -0.15) is 0 Å². The van der Waals surface area contributed by atoms with E-state index >= 15 is 0 Å². The summed E-state index contributed by atoms with van der Waals surface area (Å²) in [5, 5.41) is 9.94. The number of aliphatic hydroxyl groups is 1. The molecule has 0 aliphatic carbocycles. The summed E-state index contributed by atoms with van der Waals surface area (Å²) in [6.07, 6.45) is 0.108. The maximum absolute atomic E-state index is 9.94. The Kier molecular flexibility index (Phi) is 3.86. The lowest BCUT2D eigenvalue weighted by Gasteiger charge is -2.31. The average Bonchev–Trinajstić information content (AvgIpc) is 2.37. The third kappa shape index (κ3) is 2.53. The number of rotatable bonds is 4. The van der Waals surface area contributed by atoms with Gasteiger partial charge in [-0.1, -0.05) is 6.07 Å². The van der Waals surface area contributed by atoms with Gasteiger partial charge in [-0.25, -0.2) is 0 Å². The summed E-state index contributed by atoms with van der Waals surface area (Å²) in [5.74, 6) is 0.904. The number of likely N-dealkylation sites (N-methyl/N-ethyl adjacent to an activating group) is 1. The summed E-state index contributed by atoms with van der Waals surface area (Å²) in [5.41, 5.74) is 7.45. The molecular formula is C13H20N2O2. The number of aliphatic hydroxyl groups excluding tert-OH is 1. The summed E-state index contributed by atoms with van der Waals surface area (Å²) >= 11 is 0. The minimum atomic E-state index is -0.481. The van der Waals surface area contributed by atoms with Crippen LogP contribution in [0.1, 0.15) is 25.0 Å². The van der Waals surface area contributed by atoms with Gasteiger partial charge in [0.05, 0.1) is 18.3 Å². The standard InChI is InChI=1S/C13H20N2O2/c1-2-15-7-8-17-13-4-3-10(9-11(13)15)12(16)5-6-14/h3-4,9,12,16H,2,5-8,14H2,1H3. The first-order chi connectivity index (χ1) is 8.26. The number of ether oxygens (including phenoxy) is 1. The summed E-state index contributed by atoms with van der Waals surface area (Å²) in [7, 11) is 0. The second-order valence-electron chi connectivity index (χ2n) is 4.25. The van der Waals surface area contributed by atoms with Crippen LogP contribution in [0.4, 0.5) is 5.69 Å². The van der Waals surface area contributed by atoms with Crippen molar-refractivity contribution in [1.82, 2.24) is 0 Å². The Morgan fingerprint density at radius 3 is 3.06 bits per heavy atom. The van der Waals surface area contributed by atoms with E-state index in [9.17, 15) is 5.11 Å². The first kappa shape index (κ1) is 12.2. The largest absolute Gasteiger partial charge is 0.490 e. The van der Waals surface area contributed by atoms with Crippen LogP contribution in [0.3, 0.4) is 0 Å². The highest BCUT2D eigenvalue weighted by Crippen LogP contribution is 2.34. The van der Waals surface area contributed by atoms with Gasteiger partial charge in [-0.3, -0.25) is 0 Å². The smallest absolute Gasteiger partial charge is 0.142 e. The predicted molar refractivity (Wildman–Crippen MR) is 68.5 cm³/mol. The van der Waals surface area contributed by atoms with Crippen molar-refractivity contribution in [1.29, 1.82) is 0 Å². The van der Waals surface area contributed by atoms with Gasteiger partial charge in [0, 0.05) is 6.54 Å². The number of anilines is 1. The van der Waals surface area contributed by atoms with Crippen molar-refractivity contribution in [2.24, 2.45) is 5.73 Å². The molecule has 0 fully saturated rings. The SMILES string of the molecule is CCN1CCOc2ccc(C(O)CCN)cc21. The molecule has 0 spiro atoms. The number of hydrogen-bond acceptors (Lipinski definition) is 4. The highest BCUT2D eigenvalue weighted by Gasteiger charge is 2.18. The van der Waals surface area contributed by atoms with Gasteiger partial charge < -0.3 is 20.5 Å². The quantitative estimate of drug-likeness (QED) is 0.827. The van der Waals surface area contributed by atoms with Crippen molar-refractivity contribution in [2.45, 2.75) is 19.4 Å². The van der Waals surface area contributed by atoms with Crippen LogP contribution in [-0.2, 0) is 0 Å². The van der Waals surface area contributed by atoms with Crippen molar-refractivity contribution in [3.63, 3.8) is 0 Å². The van der Waals surface area contributed by atoms with Crippen molar-refractivity contribution >= 4 is 5.69 Å². The fourth-order valence-corrected chi connectivity index (χ4v) is 2.15. The number of nitrogens with two attached hydrogens (primary N) is 1. The van der Waals surface area contributed by atoms with Crippen molar-refractivity contribution in [3.8, 4) is 5.75 Å². The van der Waals surface area contributed by atoms with E-state index < -0.39 is 6.10 Å². The number of fused-ring (bicyclic) bond motifs is 1. The minimum Gasteiger partial charge on any atom is -0.490 e. The molecular weight excluding hydrogens is 216 g/mol. The Bertz CT molecular complexity index is 382. The van der Waals surface area contributed by atoms with E-state index in [1.165, 1.54) is 0 Å². The van der Waals surface area contributed by atoms with Gasteiger partial charge >= 0.3 is 0 Å². The average molecular weight is 236 g/mol. The fraction of sp³-hybridized carbons (Fsp3) is 0.538. The molecule has 2 rings (SSSR count). The molecule has 0 amide bonds. The van der Waals surface area contributed by atoms with Crippen LogP contribution in [0.2, 0.25) is 0 Å². The van der Waals surface area contributed by atoms with Crippen LogP contribution >= 0.6 is 0 Å². The van der Waals surface area contributed by atoms with Gasteiger partial charge in [0.2, 0.25) is 0 Å². The van der Waals surface area contributed by atoms with Gasteiger partial charge in [0.25, 0.3) is 0 Å². The molecule has 0 bridgehead atoms. The molecule has 0 radical (unpaired) electrons. The van der Waals surface area contributed by atoms with Gasteiger partial charge in [0.1, 0.15) is 12.4 Å². The maximum Gasteiger partial charge on any atom is 0.142 e. The molecule has 1 aromatic carbocycles. The Balaban J connectivity index is 2.27. The third-order valence-corrected chi connectivity index (χ3v) is 3.15. The van der Waals surface area contributed by atoms with E-state index in [4.69, 9.17) is 10.5 Å². The molecule has 1 heterocycles. The second-order valence-corrected chi connectivity index (χ2v) is 4.25. The van der Waals surface area contributed by atoms with Crippen molar-refractivity contribution in [2.75, 3.05) is 31.1 Å². The Morgan fingerprint density at radius 1 is 1.53 bits per heavy atom. The lowest BCUT2D eigenvalue weighted by atomic mass is 10.0. The summed E-state index contributed by atoms with van der Waals surface area (Å²) in [4.78, 5) is 2.26. The molecule has 1 aliphatic rings. The molecule has 3 N–H and O–H groups in total. The number of benzene rings is 1. The van der Waals surface area contributed by atoms with E-state index in [2.05, 4.69) is 11.8 Å². The first-order valence-corrected chi connectivity index (χ1v) is 6.16. The van der Waals surface area contributed by atoms with Crippen LogP contribution in [0, 0.1) is 0 Å². The van der Waals surface area contributed by atoms with E-state index in [0.717, 1.165) is 36.7 Å². The normalized spacial score (nSPS) is 16.3. The minimum absolute atomic E-state index is 0.481. The third-order valence-electron chi connectivity index (χ3n) is 3.15. The molecule has 4 heteroatoms. The van der Waals surface area contributed by atoms with Crippen molar-refractivity contribution in [3.05, 3.63) is 23.8 Å². The summed E-state index contributed by atoms with van der Waals surface area (Å²) in [6, 6.07) is 5.86. The van der Waals surface area contributed by atoms with Gasteiger partial charge in [0.15, 0.2) is 0 Å². The monoisotopic (exact) mass is 236 g/mol. The number of hydrogen-bond donors (Lipinski definition) is 2. The zero-order valence-corrected chi connectivity index (χ0v) is 10.2. The highest BCUT2D eigenvalue weighted by molar-refractivity contribution is 5.61. The molecule has 17 heavy (non-hydrogen) atoms. The Morgan fingerprint density at radius 2 is 2.35 bits per heavy atom. The van der Waals surface area contributed by atoms with E-state index in [1.54, 1.807) is 0 Å². The molecule has 0 saturated heterocycles. The highest BCUT2D eigenvalue weighted by atomic mass is 16.5. The molecule has 4 nitrogen and oxygen atoms in total. The fourth-order valence-electron chi connectivity index (χ4n) is 2.15. The summed E-state index contributed by atoms with van der Waals surface area (Å²) < 4.78 is 5.60. The Labute approximate surface area is 102 Å².